The van der Waals surface area contributed by atoms with E-state index in [0.29, 0.717) is 11.7 Å². The standard InChI is InChI=1S/C12H13BrO3/c1-16-10-6-8(4-5-9(10)13)11(12(14)15)7-2-3-7/h4-7,11H,2-3H2,1H3,(H,14,15). The third-order valence-electron chi connectivity index (χ3n) is 2.89. The van der Waals surface area contributed by atoms with Crippen molar-refractivity contribution in [3.05, 3.63) is 28.2 Å². The van der Waals surface area contributed by atoms with E-state index in [1.807, 2.05) is 12.1 Å². The molecule has 1 unspecified atom stereocenters. The predicted molar refractivity (Wildman–Crippen MR) is 63.8 cm³/mol. The first-order chi connectivity index (χ1) is 7.63. The molecule has 3 nitrogen and oxygen atoms in total. The average Bonchev–Trinajstić information content (AvgIpc) is 3.04. The molecule has 4 heteroatoms. The molecular weight excluding hydrogens is 272 g/mol. The van der Waals surface area contributed by atoms with Gasteiger partial charge in [0.15, 0.2) is 0 Å². The van der Waals surface area contributed by atoms with E-state index in [2.05, 4.69) is 15.9 Å². The molecule has 1 aromatic carbocycles. The summed E-state index contributed by atoms with van der Waals surface area (Å²) >= 11 is 3.36. The van der Waals surface area contributed by atoms with Crippen LogP contribution >= 0.6 is 15.9 Å². The summed E-state index contributed by atoms with van der Waals surface area (Å²) < 4.78 is 6.02. The number of hydrogen-bond donors (Lipinski definition) is 1. The number of rotatable bonds is 4. The van der Waals surface area contributed by atoms with Gasteiger partial charge in [0.05, 0.1) is 17.5 Å². The first kappa shape index (κ1) is 11.5. The van der Waals surface area contributed by atoms with Crippen LogP contribution in [0.15, 0.2) is 22.7 Å². The van der Waals surface area contributed by atoms with Crippen molar-refractivity contribution in [2.45, 2.75) is 18.8 Å². The fourth-order valence-corrected chi connectivity index (χ4v) is 2.32. The maximum Gasteiger partial charge on any atom is 0.311 e. The molecule has 16 heavy (non-hydrogen) atoms. The predicted octanol–water partition coefficient (Wildman–Crippen LogP) is 3.04. The summed E-state index contributed by atoms with van der Waals surface area (Å²) in [4.78, 5) is 11.2. The van der Waals surface area contributed by atoms with Crippen molar-refractivity contribution in [1.29, 1.82) is 0 Å². The van der Waals surface area contributed by atoms with Crippen LogP contribution in [0.1, 0.15) is 24.3 Å². The molecule has 0 saturated heterocycles. The van der Waals surface area contributed by atoms with Gasteiger partial charge in [-0.25, -0.2) is 0 Å². The van der Waals surface area contributed by atoms with Gasteiger partial charge in [-0.1, -0.05) is 6.07 Å². The SMILES string of the molecule is COc1cc(C(C(=O)O)C2CC2)ccc1Br. The summed E-state index contributed by atoms with van der Waals surface area (Å²) in [5, 5.41) is 9.22. The first-order valence-corrected chi connectivity index (χ1v) is 5.99. The van der Waals surface area contributed by atoms with Crippen molar-refractivity contribution in [1.82, 2.24) is 0 Å². The summed E-state index contributed by atoms with van der Waals surface area (Å²) in [6, 6.07) is 5.50. The Morgan fingerprint density at radius 1 is 1.56 bits per heavy atom. The molecule has 0 amide bonds. The zero-order valence-corrected chi connectivity index (χ0v) is 10.5. The summed E-state index contributed by atoms with van der Waals surface area (Å²) in [6.45, 7) is 0. The van der Waals surface area contributed by atoms with E-state index in [-0.39, 0.29) is 5.92 Å². The second kappa shape index (κ2) is 4.45. The zero-order chi connectivity index (χ0) is 11.7. The van der Waals surface area contributed by atoms with Gasteiger partial charge in [0.2, 0.25) is 0 Å². The summed E-state index contributed by atoms with van der Waals surface area (Å²) in [7, 11) is 1.58. The second-order valence-electron chi connectivity index (χ2n) is 4.05. The van der Waals surface area contributed by atoms with Crippen molar-refractivity contribution >= 4 is 21.9 Å². The zero-order valence-electron chi connectivity index (χ0n) is 8.94. The minimum atomic E-state index is -0.744. The van der Waals surface area contributed by atoms with E-state index in [1.165, 1.54) is 0 Å². The second-order valence-corrected chi connectivity index (χ2v) is 4.90. The molecule has 1 saturated carbocycles. The lowest BCUT2D eigenvalue weighted by molar-refractivity contribution is -0.139. The van der Waals surface area contributed by atoms with Gasteiger partial charge in [-0.05, 0) is 52.4 Å². The van der Waals surface area contributed by atoms with E-state index >= 15 is 0 Å². The highest BCUT2D eigenvalue weighted by atomic mass is 79.9. The Balaban J connectivity index is 2.34. The fourth-order valence-electron chi connectivity index (χ4n) is 1.92. The smallest absolute Gasteiger partial charge is 0.311 e. The Labute approximate surface area is 103 Å². The monoisotopic (exact) mass is 284 g/mol. The van der Waals surface area contributed by atoms with Crippen LogP contribution in [0.5, 0.6) is 5.75 Å². The van der Waals surface area contributed by atoms with Crippen LogP contribution < -0.4 is 4.74 Å². The van der Waals surface area contributed by atoms with E-state index < -0.39 is 5.97 Å². The number of hydrogen-bond acceptors (Lipinski definition) is 2. The van der Waals surface area contributed by atoms with Crippen molar-refractivity contribution in [2.24, 2.45) is 5.92 Å². The Morgan fingerprint density at radius 3 is 2.75 bits per heavy atom. The van der Waals surface area contributed by atoms with E-state index in [4.69, 9.17) is 4.74 Å². The molecule has 1 aliphatic carbocycles. The van der Waals surface area contributed by atoms with E-state index in [1.54, 1.807) is 13.2 Å². The van der Waals surface area contributed by atoms with Crippen LogP contribution in [0, 0.1) is 5.92 Å². The van der Waals surface area contributed by atoms with Crippen LogP contribution in [0.3, 0.4) is 0 Å². The van der Waals surface area contributed by atoms with Gasteiger partial charge in [0, 0.05) is 0 Å². The van der Waals surface area contributed by atoms with Gasteiger partial charge in [-0.15, -0.1) is 0 Å². The van der Waals surface area contributed by atoms with Crippen molar-refractivity contribution < 1.29 is 14.6 Å². The molecule has 0 spiro atoms. The number of benzene rings is 1. The molecule has 1 N–H and O–H groups in total. The lowest BCUT2D eigenvalue weighted by Crippen LogP contribution is -2.13. The maximum absolute atomic E-state index is 11.2. The minimum absolute atomic E-state index is 0.295. The third kappa shape index (κ3) is 2.21. The number of aliphatic carboxylic acids is 1. The van der Waals surface area contributed by atoms with Crippen molar-refractivity contribution in [2.75, 3.05) is 7.11 Å². The number of methoxy groups -OCH3 is 1. The molecule has 2 rings (SSSR count). The Morgan fingerprint density at radius 2 is 2.25 bits per heavy atom. The number of carboxylic acids is 1. The number of carboxylic acid groups (broad SMARTS) is 1. The maximum atomic E-state index is 11.2. The summed E-state index contributed by atoms with van der Waals surface area (Å²) in [5.74, 6) is -0.151. The lowest BCUT2D eigenvalue weighted by Gasteiger charge is -2.13. The summed E-state index contributed by atoms with van der Waals surface area (Å²) in [6.07, 6.45) is 2.02. The molecule has 1 aromatic rings. The normalized spacial score (nSPS) is 16.9. The number of ether oxygens (including phenoxy) is 1. The highest BCUT2D eigenvalue weighted by molar-refractivity contribution is 9.10. The highest BCUT2D eigenvalue weighted by Gasteiger charge is 2.37. The molecule has 0 bridgehead atoms. The summed E-state index contributed by atoms with van der Waals surface area (Å²) in [5.41, 5.74) is 0.829. The Bertz CT molecular complexity index is 413. The van der Waals surface area contributed by atoms with Gasteiger partial charge >= 0.3 is 5.97 Å². The van der Waals surface area contributed by atoms with Crippen molar-refractivity contribution in [3.63, 3.8) is 0 Å². The van der Waals surface area contributed by atoms with E-state index in [0.717, 1.165) is 22.9 Å². The van der Waals surface area contributed by atoms with Crippen molar-refractivity contribution in [3.8, 4) is 5.75 Å². The van der Waals surface area contributed by atoms with Gasteiger partial charge in [0.1, 0.15) is 5.75 Å². The average molecular weight is 285 g/mol. The number of halogens is 1. The molecular formula is C12H13BrO3. The molecule has 0 heterocycles. The lowest BCUT2D eigenvalue weighted by atomic mass is 9.94. The third-order valence-corrected chi connectivity index (χ3v) is 3.55. The Hall–Kier alpha value is -1.03. The van der Waals surface area contributed by atoms with Crippen LogP contribution in [0.4, 0.5) is 0 Å². The highest BCUT2D eigenvalue weighted by Crippen LogP contribution is 2.44. The van der Waals surface area contributed by atoms with Gasteiger partial charge in [-0.3, -0.25) is 4.79 Å². The quantitative estimate of drug-likeness (QED) is 0.925. The molecule has 0 radical (unpaired) electrons. The topological polar surface area (TPSA) is 46.5 Å². The minimum Gasteiger partial charge on any atom is -0.496 e. The van der Waals surface area contributed by atoms with E-state index in [9.17, 15) is 9.90 Å². The van der Waals surface area contributed by atoms with Crippen LogP contribution in [-0.2, 0) is 4.79 Å². The molecule has 0 aromatic heterocycles. The fraction of sp³-hybridized carbons (Fsp3) is 0.417. The Kier molecular flexibility index (Phi) is 3.19. The van der Waals surface area contributed by atoms with Gasteiger partial charge < -0.3 is 9.84 Å². The van der Waals surface area contributed by atoms with Gasteiger partial charge in [0.25, 0.3) is 0 Å². The van der Waals surface area contributed by atoms with Gasteiger partial charge in [-0.2, -0.15) is 0 Å². The van der Waals surface area contributed by atoms with Crippen LogP contribution in [0.2, 0.25) is 0 Å². The first-order valence-electron chi connectivity index (χ1n) is 5.19. The van der Waals surface area contributed by atoms with Crippen LogP contribution in [0.25, 0.3) is 0 Å². The molecule has 1 atom stereocenters. The molecule has 1 fully saturated rings. The largest absolute Gasteiger partial charge is 0.496 e. The molecule has 86 valence electrons. The van der Waals surface area contributed by atoms with Crippen LogP contribution in [-0.4, -0.2) is 18.2 Å². The number of carbonyl (C=O) groups is 1. The molecule has 1 aliphatic rings. The molecule has 0 aliphatic heterocycles.